The Morgan fingerprint density at radius 3 is 2.52 bits per heavy atom. The lowest BCUT2D eigenvalue weighted by atomic mass is 10.1. The maximum Gasteiger partial charge on any atom is 0.263 e. The summed E-state index contributed by atoms with van der Waals surface area (Å²) in [7, 11) is 0. The van der Waals surface area contributed by atoms with Crippen molar-refractivity contribution in [1.29, 1.82) is 0 Å². The summed E-state index contributed by atoms with van der Waals surface area (Å²) in [5, 5.41) is 3.04. The first-order valence-electron chi connectivity index (χ1n) is 10.7. The van der Waals surface area contributed by atoms with Gasteiger partial charge in [-0.1, -0.05) is 32.0 Å². The topological polar surface area (TPSA) is 63.6 Å². The van der Waals surface area contributed by atoms with E-state index < -0.39 is 6.10 Å². The molecule has 0 aliphatic carbocycles. The molecule has 0 bridgehead atoms. The van der Waals surface area contributed by atoms with Crippen LogP contribution in [-0.4, -0.2) is 35.1 Å². The largest absolute Gasteiger partial charge is 0.477 e. The van der Waals surface area contributed by atoms with E-state index in [4.69, 9.17) is 4.74 Å². The van der Waals surface area contributed by atoms with E-state index in [1.807, 2.05) is 79.3 Å². The molecule has 0 spiro atoms. The molecule has 1 aliphatic rings. The lowest BCUT2D eigenvalue weighted by Gasteiger charge is -2.34. The minimum Gasteiger partial charge on any atom is -0.477 e. The second-order valence-corrected chi connectivity index (χ2v) is 7.65. The number of amides is 2. The van der Waals surface area contributed by atoms with Crippen LogP contribution in [0.25, 0.3) is 5.69 Å². The number of carbonyl (C=O) groups excluding carboxylic acids is 2. The number of rotatable bonds is 6. The molecule has 1 aromatic heterocycles. The predicted octanol–water partition coefficient (Wildman–Crippen LogP) is 4.19. The predicted molar refractivity (Wildman–Crippen MR) is 121 cm³/mol. The van der Waals surface area contributed by atoms with E-state index in [1.165, 1.54) is 0 Å². The second-order valence-electron chi connectivity index (χ2n) is 7.65. The molecule has 0 saturated heterocycles. The quantitative estimate of drug-likeness (QED) is 0.654. The van der Waals surface area contributed by atoms with E-state index in [0.29, 0.717) is 17.0 Å². The van der Waals surface area contributed by atoms with Gasteiger partial charge in [0.1, 0.15) is 5.75 Å². The highest BCUT2D eigenvalue weighted by atomic mass is 16.5. The van der Waals surface area contributed by atoms with Crippen LogP contribution in [0.15, 0.2) is 73.1 Å². The van der Waals surface area contributed by atoms with Gasteiger partial charge in [0.15, 0.2) is 6.10 Å². The van der Waals surface area contributed by atoms with E-state index >= 15 is 0 Å². The van der Waals surface area contributed by atoms with Crippen LogP contribution in [0.1, 0.15) is 37.0 Å². The highest BCUT2D eigenvalue weighted by Gasteiger charge is 2.34. The van der Waals surface area contributed by atoms with Crippen LogP contribution in [0.3, 0.4) is 0 Å². The minimum absolute atomic E-state index is 0.0932. The maximum atomic E-state index is 13.5. The first-order valence-corrected chi connectivity index (χ1v) is 10.7. The summed E-state index contributed by atoms with van der Waals surface area (Å²) in [6.07, 6.45) is 4.81. The third-order valence-electron chi connectivity index (χ3n) is 5.64. The van der Waals surface area contributed by atoms with Crippen LogP contribution in [0.4, 0.5) is 5.69 Å². The lowest BCUT2D eigenvalue weighted by Crippen LogP contribution is -2.52. The normalized spacial score (nSPS) is 15.3. The van der Waals surface area contributed by atoms with Crippen LogP contribution in [0.5, 0.6) is 5.75 Å². The number of hydrogen-bond donors (Lipinski definition) is 1. The second kappa shape index (κ2) is 9.08. The third-order valence-corrected chi connectivity index (χ3v) is 5.64. The Balaban J connectivity index is 1.63. The average molecular weight is 418 g/mol. The number of aromatic nitrogens is 1. The van der Waals surface area contributed by atoms with Crippen LogP contribution < -0.4 is 15.0 Å². The van der Waals surface area contributed by atoms with Gasteiger partial charge in [0.25, 0.3) is 11.8 Å². The summed E-state index contributed by atoms with van der Waals surface area (Å²) in [6, 6.07) is 18.8. The van der Waals surface area contributed by atoms with Gasteiger partial charge in [-0.25, -0.2) is 0 Å². The zero-order chi connectivity index (χ0) is 21.8. The van der Waals surface area contributed by atoms with Crippen LogP contribution >= 0.6 is 0 Å². The van der Waals surface area contributed by atoms with Gasteiger partial charge >= 0.3 is 0 Å². The summed E-state index contributed by atoms with van der Waals surface area (Å²) in [5.41, 5.74) is 2.13. The Morgan fingerprint density at radius 2 is 1.77 bits per heavy atom. The van der Waals surface area contributed by atoms with Gasteiger partial charge in [-0.05, 0) is 55.3 Å². The number of nitrogens with zero attached hydrogens (tertiary/aromatic N) is 2. The first kappa shape index (κ1) is 20.7. The van der Waals surface area contributed by atoms with Crippen molar-refractivity contribution in [3.05, 3.63) is 78.6 Å². The van der Waals surface area contributed by atoms with E-state index in [1.54, 1.807) is 17.0 Å². The molecular formula is C25H27N3O3. The summed E-state index contributed by atoms with van der Waals surface area (Å²) in [6.45, 7) is 4.24. The van der Waals surface area contributed by atoms with E-state index in [-0.39, 0.29) is 24.4 Å². The molecule has 1 unspecified atom stereocenters. The van der Waals surface area contributed by atoms with Crippen molar-refractivity contribution < 1.29 is 14.3 Å². The van der Waals surface area contributed by atoms with Crippen molar-refractivity contribution in [3.8, 4) is 11.4 Å². The highest BCUT2D eigenvalue weighted by molar-refractivity contribution is 6.08. The molecule has 0 radical (unpaired) electrons. The fourth-order valence-electron chi connectivity index (χ4n) is 3.81. The molecule has 0 fully saturated rings. The van der Waals surface area contributed by atoms with Crippen molar-refractivity contribution in [2.24, 2.45) is 0 Å². The molecule has 0 saturated carbocycles. The standard InChI is InChI=1S/C25H27N3O3/c1-3-19(4-2)26-24(29)23-17-28(21-12-5-6-13-22(21)31-23)25(30)18-10-9-11-20(16-18)27-14-7-8-15-27/h5-16,19,23H,3-4,17H2,1-2H3,(H,26,29). The zero-order valence-electron chi connectivity index (χ0n) is 17.8. The molecule has 1 N–H and O–H groups in total. The molecule has 1 atom stereocenters. The Morgan fingerprint density at radius 1 is 1.03 bits per heavy atom. The molecule has 160 valence electrons. The smallest absolute Gasteiger partial charge is 0.263 e. The van der Waals surface area contributed by atoms with Crippen LogP contribution in [0.2, 0.25) is 0 Å². The van der Waals surface area contributed by atoms with E-state index in [2.05, 4.69) is 5.32 Å². The number of ether oxygens (including phenoxy) is 1. The number of benzene rings is 2. The van der Waals surface area contributed by atoms with Gasteiger partial charge in [-0.15, -0.1) is 0 Å². The summed E-state index contributed by atoms with van der Waals surface area (Å²) < 4.78 is 7.93. The molecule has 2 heterocycles. The number of hydrogen-bond acceptors (Lipinski definition) is 3. The van der Waals surface area contributed by atoms with Crippen molar-refractivity contribution in [1.82, 2.24) is 9.88 Å². The monoisotopic (exact) mass is 417 g/mol. The van der Waals surface area contributed by atoms with Crippen molar-refractivity contribution in [2.45, 2.75) is 38.8 Å². The number of nitrogens with one attached hydrogen (secondary N) is 1. The van der Waals surface area contributed by atoms with Gasteiger partial charge in [0.2, 0.25) is 0 Å². The Bertz CT molecular complexity index is 1060. The zero-order valence-corrected chi connectivity index (χ0v) is 17.8. The average Bonchev–Trinajstić information content (AvgIpc) is 3.36. The summed E-state index contributed by atoms with van der Waals surface area (Å²) in [5.74, 6) is 0.181. The van der Waals surface area contributed by atoms with Crippen molar-refractivity contribution in [3.63, 3.8) is 0 Å². The van der Waals surface area contributed by atoms with Crippen LogP contribution in [-0.2, 0) is 4.79 Å². The summed E-state index contributed by atoms with van der Waals surface area (Å²) in [4.78, 5) is 28.0. The number of anilines is 1. The fourth-order valence-corrected chi connectivity index (χ4v) is 3.81. The van der Waals surface area contributed by atoms with Gasteiger partial charge in [-0.2, -0.15) is 0 Å². The minimum atomic E-state index is -0.757. The van der Waals surface area contributed by atoms with Gasteiger partial charge in [-0.3, -0.25) is 9.59 Å². The Hall–Kier alpha value is -3.54. The number of fused-ring (bicyclic) bond motifs is 1. The molecule has 6 heteroatoms. The van der Waals surface area contributed by atoms with E-state index in [9.17, 15) is 9.59 Å². The third kappa shape index (κ3) is 4.33. The Kier molecular flexibility index (Phi) is 6.07. The SMILES string of the molecule is CCC(CC)NC(=O)C1CN(C(=O)c2cccc(-n3cccc3)c2)c2ccccc2O1. The fraction of sp³-hybridized carbons (Fsp3) is 0.280. The molecular weight excluding hydrogens is 390 g/mol. The molecule has 6 nitrogen and oxygen atoms in total. The lowest BCUT2D eigenvalue weighted by molar-refractivity contribution is -0.128. The Labute approximate surface area is 182 Å². The van der Waals surface area contributed by atoms with Crippen molar-refractivity contribution in [2.75, 3.05) is 11.4 Å². The highest BCUT2D eigenvalue weighted by Crippen LogP contribution is 2.34. The molecule has 1 aliphatic heterocycles. The molecule has 4 rings (SSSR count). The van der Waals surface area contributed by atoms with Gasteiger partial charge in [0.05, 0.1) is 12.2 Å². The van der Waals surface area contributed by atoms with Gasteiger partial charge < -0.3 is 19.5 Å². The molecule has 2 aromatic carbocycles. The number of para-hydroxylation sites is 2. The number of carbonyl (C=O) groups is 2. The van der Waals surface area contributed by atoms with Gasteiger partial charge in [0, 0.05) is 29.7 Å². The van der Waals surface area contributed by atoms with E-state index in [0.717, 1.165) is 18.5 Å². The van der Waals surface area contributed by atoms with Crippen LogP contribution in [0, 0.1) is 0 Å². The first-order chi connectivity index (χ1) is 15.1. The maximum absolute atomic E-state index is 13.5. The summed E-state index contributed by atoms with van der Waals surface area (Å²) >= 11 is 0. The molecule has 3 aromatic rings. The molecule has 31 heavy (non-hydrogen) atoms. The molecule has 2 amide bonds. The van der Waals surface area contributed by atoms with Crippen molar-refractivity contribution >= 4 is 17.5 Å².